The monoisotopic (exact) mass is 261 g/mol. The number of aryl methyl sites for hydroxylation is 1. The lowest BCUT2D eigenvalue weighted by Gasteiger charge is -2.21. The topological polar surface area (TPSA) is 45.2 Å². The van der Waals surface area contributed by atoms with Gasteiger partial charge in [0.05, 0.1) is 12.2 Å². The lowest BCUT2D eigenvalue weighted by Crippen LogP contribution is -2.39. The predicted octanol–water partition coefficient (Wildman–Crippen LogP) is 2.72. The molecule has 2 amide bonds. The summed E-state index contributed by atoms with van der Waals surface area (Å²) in [6, 6.07) is 5.85. The van der Waals surface area contributed by atoms with Crippen molar-refractivity contribution in [1.29, 1.82) is 0 Å². The van der Waals surface area contributed by atoms with Crippen molar-refractivity contribution in [2.45, 2.75) is 39.2 Å². The highest BCUT2D eigenvalue weighted by Gasteiger charge is 2.19. The fraction of sp³-hybridized carbons (Fsp3) is 0.600. The van der Waals surface area contributed by atoms with Gasteiger partial charge in [-0.1, -0.05) is 18.9 Å². The first kappa shape index (κ1) is 13.8. The van der Waals surface area contributed by atoms with Crippen LogP contribution in [0.1, 0.15) is 37.1 Å². The molecule has 1 aliphatic carbocycles. The number of aromatic nitrogens is 1. The minimum Gasteiger partial charge on any atom is -0.332 e. The van der Waals surface area contributed by atoms with E-state index in [1.165, 1.54) is 25.7 Å². The molecule has 0 aliphatic heterocycles. The molecule has 1 N–H and O–H groups in total. The van der Waals surface area contributed by atoms with Crippen LogP contribution in [0.25, 0.3) is 0 Å². The van der Waals surface area contributed by atoms with E-state index in [2.05, 4.69) is 10.3 Å². The van der Waals surface area contributed by atoms with Gasteiger partial charge in [-0.25, -0.2) is 4.79 Å². The average Bonchev–Trinajstić information content (AvgIpc) is 2.89. The Bertz CT molecular complexity index is 427. The summed E-state index contributed by atoms with van der Waals surface area (Å²) in [4.78, 5) is 18.1. The Kier molecular flexibility index (Phi) is 4.77. The van der Waals surface area contributed by atoms with Gasteiger partial charge in [0.25, 0.3) is 0 Å². The van der Waals surface area contributed by atoms with Gasteiger partial charge in [0.2, 0.25) is 0 Å². The van der Waals surface area contributed by atoms with E-state index in [0.29, 0.717) is 12.5 Å². The van der Waals surface area contributed by atoms with Crippen LogP contribution < -0.4 is 5.32 Å². The molecule has 1 heterocycles. The van der Waals surface area contributed by atoms with Crippen LogP contribution in [0.4, 0.5) is 4.79 Å². The third-order valence-electron chi connectivity index (χ3n) is 3.72. The molecule has 0 bridgehead atoms. The number of carbonyl (C=O) groups excluding carboxylic acids is 1. The van der Waals surface area contributed by atoms with Crippen molar-refractivity contribution >= 4 is 6.03 Å². The molecule has 1 aliphatic rings. The molecular formula is C15H23N3O. The van der Waals surface area contributed by atoms with Crippen molar-refractivity contribution in [1.82, 2.24) is 15.2 Å². The zero-order valence-corrected chi connectivity index (χ0v) is 11.9. The van der Waals surface area contributed by atoms with Gasteiger partial charge in [-0.15, -0.1) is 0 Å². The summed E-state index contributed by atoms with van der Waals surface area (Å²) in [5.74, 6) is 0.688. The number of amides is 2. The molecule has 0 atom stereocenters. The standard InChI is InChI=1S/C15H23N3O/c1-12-6-5-9-14(17-12)10-16-15(19)18(2)11-13-7-3-4-8-13/h5-6,9,13H,3-4,7-8,10-11H2,1-2H3,(H,16,19). The Balaban J connectivity index is 1.76. The van der Waals surface area contributed by atoms with E-state index >= 15 is 0 Å². The van der Waals surface area contributed by atoms with Crippen LogP contribution in [0.5, 0.6) is 0 Å². The van der Waals surface area contributed by atoms with Crippen molar-refractivity contribution in [3.05, 3.63) is 29.6 Å². The van der Waals surface area contributed by atoms with Crippen LogP contribution in [-0.4, -0.2) is 29.5 Å². The number of hydrogen-bond acceptors (Lipinski definition) is 2. The van der Waals surface area contributed by atoms with E-state index in [0.717, 1.165) is 17.9 Å². The SMILES string of the molecule is Cc1cccc(CNC(=O)N(C)CC2CCCC2)n1. The molecule has 0 aromatic carbocycles. The molecule has 2 rings (SSSR count). The Morgan fingerprint density at radius 3 is 2.84 bits per heavy atom. The Morgan fingerprint density at radius 1 is 1.42 bits per heavy atom. The highest BCUT2D eigenvalue weighted by atomic mass is 16.2. The molecule has 19 heavy (non-hydrogen) atoms. The van der Waals surface area contributed by atoms with Gasteiger partial charge in [-0.2, -0.15) is 0 Å². The molecule has 0 unspecified atom stereocenters. The third kappa shape index (κ3) is 4.23. The van der Waals surface area contributed by atoms with E-state index in [1.54, 1.807) is 4.90 Å². The molecule has 0 saturated heterocycles. The smallest absolute Gasteiger partial charge is 0.317 e. The second-order valence-electron chi connectivity index (χ2n) is 5.46. The molecule has 1 saturated carbocycles. The van der Waals surface area contributed by atoms with Crippen LogP contribution in [0.3, 0.4) is 0 Å². The summed E-state index contributed by atoms with van der Waals surface area (Å²) in [5, 5.41) is 2.92. The summed E-state index contributed by atoms with van der Waals surface area (Å²) < 4.78 is 0. The Hall–Kier alpha value is -1.58. The summed E-state index contributed by atoms with van der Waals surface area (Å²) in [6.45, 7) is 3.32. The molecule has 1 aromatic rings. The highest BCUT2D eigenvalue weighted by Crippen LogP contribution is 2.25. The first-order chi connectivity index (χ1) is 9.15. The zero-order valence-electron chi connectivity index (χ0n) is 11.9. The van der Waals surface area contributed by atoms with Crippen LogP contribution in [0.15, 0.2) is 18.2 Å². The average molecular weight is 261 g/mol. The van der Waals surface area contributed by atoms with Crippen molar-refractivity contribution in [3.8, 4) is 0 Å². The molecule has 1 fully saturated rings. The fourth-order valence-corrected chi connectivity index (χ4v) is 2.66. The van der Waals surface area contributed by atoms with Crippen LogP contribution in [-0.2, 0) is 6.54 Å². The summed E-state index contributed by atoms with van der Waals surface area (Å²) in [7, 11) is 1.87. The highest BCUT2D eigenvalue weighted by molar-refractivity contribution is 5.73. The molecule has 0 spiro atoms. The van der Waals surface area contributed by atoms with E-state index in [-0.39, 0.29) is 6.03 Å². The predicted molar refractivity (Wildman–Crippen MR) is 75.8 cm³/mol. The van der Waals surface area contributed by atoms with E-state index < -0.39 is 0 Å². The second kappa shape index (κ2) is 6.55. The molecule has 4 heteroatoms. The second-order valence-corrected chi connectivity index (χ2v) is 5.46. The number of nitrogens with one attached hydrogen (secondary N) is 1. The maximum Gasteiger partial charge on any atom is 0.317 e. The van der Waals surface area contributed by atoms with E-state index in [4.69, 9.17) is 0 Å². The molecule has 1 aromatic heterocycles. The Morgan fingerprint density at radius 2 is 2.16 bits per heavy atom. The van der Waals surface area contributed by atoms with Crippen LogP contribution in [0.2, 0.25) is 0 Å². The molecule has 0 radical (unpaired) electrons. The minimum atomic E-state index is -0.00444. The maximum absolute atomic E-state index is 12.0. The fourth-order valence-electron chi connectivity index (χ4n) is 2.66. The van der Waals surface area contributed by atoms with Gasteiger partial charge in [-0.05, 0) is 37.8 Å². The van der Waals surface area contributed by atoms with E-state index in [9.17, 15) is 4.79 Å². The minimum absolute atomic E-state index is 0.00444. The van der Waals surface area contributed by atoms with Gasteiger partial charge in [0.15, 0.2) is 0 Å². The van der Waals surface area contributed by atoms with Crippen LogP contribution >= 0.6 is 0 Å². The number of rotatable bonds is 4. The normalized spacial score (nSPS) is 15.5. The number of nitrogens with zero attached hydrogens (tertiary/aromatic N) is 2. The first-order valence-electron chi connectivity index (χ1n) is 7.06. The largest absolute Gasteiger partial charge is 0.332 e. The van der Waals surface area contributed by atoms with Gasteiger partial charge in [-0.3, -0.25) is 4.98 Å². The maximum atomic E-state index is 12.0. The summed E-state index contributed by atoms with van der Waals surface area (Å²) >= 11 is 0. The lowest BCUT2D eigenvalue weighted by molar-refractivity contribution is 0.200. The third-order valence-corrected chi connectivity index (χ3v) is 3.72. The van der Waals surface area contributed by atoms with E-state index in [1.807, 2.05) is 32.2 Å². The van der Waals surface area contributed by atoms with Crippen molar-refractivity contribution < 1.29 is 4.79 Å². The van der Waals surface area contributed by atoms with Gasteiger partial charge >= 0.3 is 6.03 Å². The van der Waals surface area contributed by atoms with Gasteiger partial charge in [0, 0.05) is 19.3 Å². The molecule has 104 valence electrons. The van der Waals surface area contributed by atoms with Crippen molar-refractivity contribution in [2.75, 3.05) is 13.6 Å². The van der Waals surface area contributed by atoms with Gasteiger partial charge < -0.3 is 10.2 Å². The van der Waals surface area contributed by atoms with Crippen LogP contribution in [0, 0.1) is 12.8 Å². The quantitative estimate of drug-likeness (QED) is 0.905. The van der Waals surface area contributed by atoms with Crippen molar-refractivity contribution in [2.24, 2.45) is 5.92 Å². The Labute approximate surface area is 115 Å². The summed E-state index contributed by atoms with van der Waals surface area (Å²) in [6.07, 6.45) is 5.15. The van der Waals surface area contributed by atoms with Crippen molar-refractivity contribution in [3.63, 3.8) is 0 Å². The number of pyridine rings is 1. The number of hydrogen-bond donors (Lipinski definition) is 1. The number of urea groups is 1. The number of carbonyl (C=O) groups is 1. The lowest BCUT2D eigenvalue weighted by atomic mass is 10.1. The summed E-state index contributed by atoms with van der Waals surface area (Å²) in [5.41, 5.74) is 1.88. The zero-order chi connectivity index (χ0) is 13.7. The molecular weight excluding hydrogens is 238 g/mol. The molecule has 4 nitrogen and oxygen atoms in total. The van der Waals surface area contributed by atoms with Gasteiger partial charge in [0.1, 0.15) is 0 Å². The first-order valence-corrected chi connectivity index (χ1v) is 7.06.